The lowest BCUT2D eigenvalue weighted by molar-refractivity contribution is -0.0432. The molecule has 3 rings (SSSR count). The monoisotopic (exact) mass is 284 g/mol. The Bertz CT molecular complexity index is 617. The van der Waals surface area contributed by atoms with Gasteiger partial charge in [-0.25, -0.2) is 9.97 Å². The summed E-state index contributed by atoms with van der Waals surface area (Å²) >= 11 is 5.88. The molecule has 0 spiro atoms. The summed E-state index contributed by atoms with van der Waals surface area (Å²) < 4.78 is 7.22. The molecule has 0 aliphatic carbocycles. The Balaban J connectivity index is 2.02. The van der Waals surface area contributed by atoms with Crippen LogP contribution in [0.3, 0.4) is 0 Å². The standard InChI is InChI=1S/C11H13ClN4O3/c12-8-1-5(13)10-11(15-8)16(4-14-10)9-2-6(18)7(3-17)19-9/h1,4,6-7,9,17-18H,2-3H2,(H2,13,15)/t6-,7?,9+/m0/s1. The maximum atomic E-state index is 9.75. The number of hydrogen-bond acceptors (Lipinski definition) is 6. The predicted octanol–water partition coefficient (Wildman–Crippen LogP) is 0.308. The van der Waals surface area contributed by atoms with Crippen LogP contribution in [-0.4, -0.2) is 43.6 Å². The smallest absolute Gasteiger partial charge is 0.165 e. The first kappa shape index (κ1) is 12.6. The summed E-state index contributed by atoms with van der Waals surface area (Å²) in [5, 5.41) is 19.1. The van der Waals surface area contributed by atoms with Crippen LogP contribution in [0.25, 0.3) is 11.2 Å². The molecule has 0 saturated carbocycles. The van der Waals surface area contributed by atoms with E-state index in [1.807, 2.05) is 0 Å². The lowest BCUT2D eigenvalue weighted by Gasteiger charge is -2.13. The average molecular weight is 285 g/mol. The van der Waals surface area contributed by atoms with Crippen LogP contribution in [0.1, 0.15) is 12.6 Å². The fourth-order valence-electron chi connectivity index (χ4n) is 2.26. The Morgan fingerprint density at radius 2 is 2.37 bits per heavy atom. The molecule has 1 aliphatic heterocycles. The molecule has 0 aromatic carbocycles. The quantitative estimate of drug-likeness (QED) is 0.685. The van der Waals surface area contributed by atoms with Gasteiger partial charge >= 0.3 is 0 Å². The minimum absolute atomic E-state index is 0.235. The number of nitrogen functional groups attached to an aromatic ring is 1. The van der Waals surface area contributed by atoms with Gasteiger partial charge in [-0.05, 0) is 0 Å². The molecule has 102 valence electrons. The molecular formula is C11H13ClN4O3. The molecule has 1 unspecified atom stereocenters. The fourth-order valence-corrected chi connectivity index (χ4v) is 2.46. The molecular weight excluding hydrogens is 272 g/mol. The lowest BCUT2D eigenvalue weighted by Crippen LogP contribution is -2.24. The van der Waals surface area contributed by atoms with E-state index >= 15 is 0 Å². The number of halogens is 1. The van der Waals surface area contributed by atoms with Gasteiger partial charge in [0.05, 0.1) is 24.7 Å². The second-order valence-electron chi connectivity index (χ2n) is 4.47. The molecule has 0 radical (unpaired) electrons. The Hall–Kier alpha value is -1.41. The first-order valence-electron chi connectivity index (χ1n) is 5.83. The van der Waals surface area contributed by atoms with Gasteiger partial charge in [0.2, 0.25) is 0 Å². The van der Waals surface area contributed by atoms with Gasteiger partial charge in [0.15, 0.2) is 5.65 Å². The van der Waals surface area contributed by atoms with E-state index in [0.29, 0.717) is 23.3 Å². The molecule has 4 N–H and O–H groups in total. The molecule has 1 saturated heterocycles. The van der Waals surface area contributed by atoms with Gasteiger partial charge in [0, 0.05) is 12.5 Å². The third-order valence-electron chi connectivity index (χ3n) is 3.22. The van der Waals surface area contributed by atoms with Gasteiger partial charge < -0.3 is 20.7 Å². The Kier molecular flexibility index (Phi) is 3.06. The zero-order valence-corrected chi connectivity index (χ0v) is 10.7. The number of aromatic nitrogens is 3. The van der Waals surface area contributed by atoms with Crippen molar-refractivity contribution in [3.63, 3.8) is 0 Å². The van der Waals surface area contributed by atoms with Crippen LogP contribution in [0.15, 0.2) is 12.4 Å². The third-order valence-corrected chi connectivity index (χ3v) is 3.42. The Morgan fingerprint density at radius 1 is 1.58 bits per heavy atom. The number of fused-ring (bicyclic) bond motifs is 1. The largest absolute Gasteiger partial charge is 0.397 e. The number of ether oxygens (including phenoxy) is 1. The third kappa shape index (κ3) is 2.04. The molecule has 7 nitrogen and oxygen atoms in total. The first-order valence-corrected chi connectivity index (χ1v) is 6.21. The Labute approximate surface area is 113 Å². The van der Waals surface area contributed by atoms with Crippen LogP contribution < -0.4 is 5.73 Å². The summed E-state index contributed by atoms with van der Waals surface area (Å²) in [5.74, 6) is 0. The summed E-state index contributed by atoms with van der Waals surface area (Å²) in [6.07, 6.45) is 0.136. The van der Waals surface area contributed by atoms with E-state index < -0.39 is 18.4 Å². The number of aliphatic hydroxyl groups excluding tert-OH is 2. The molecule has 19 heavy (non-hydrogen) atoms. The maximum absolute atomic E-state index is 9.75. The molecule has 8 heteroatoms. The molecule has 0 amide bonds. The second kappa shape index (κ2) is 4.61. The highest BCUT2D eigenvalue weighted by Crippen LogP contribution is 2.32. The van der Waals surface area contributed by atoms with Gasteiger partial charge in [-0.2, -0.15) is 0 Å². The number of nitrogens with zero attached hydrogens (tertiary/aromatic N) is 3. The normalized spacial score (nSPS) is 27.2. The number of imidazole rings is 1. The molecule has 0 bridgehead atoms. The number of aliphatic hydroxyl groups is 2. The zero-order valence-electron chi connectivity index (χ0n) is 9.90. The maximum Gasteiger partial charge on any atom is 0.165 e. The minimum atomic E-state index is -0.719. The summed E-state index contributed by atoms with van der Waals surface area (Å²) in [6, 6.07) is 1.53. The van der Waals surface area contributed by atoms with Crippen molar-refractivity contribution in [3.05, 3.63) is 17.5 Å². The number of anilines is 1. The van der Waals surface area contributed by atoms with Crippen LogP contribution in [-0.2, 0) is 4.74 Å². The zero-order chi connectivity index (χ0) is 13.6. The number of nitrogens with two attached hydrogens (primary N) is 1. The van der Waals surface area contributed by atoms with Crippen molar-refractivity contribution < 1.29 is 14.9 Å². The lowest BCUT2D eigenvalue weighted by atomic mass is 10.2. The highest BCUT2D eigenvalue weighted by atomic mass is 35.5. The van der Waals surface area contributed by atoms with Crippen molar-refractivity contribution in [2.75, 3.05) is 12.3 Å². The summed E-state index contributed by atoms with van der Waals surface area (Å²) in [7, 11) is 0. The van der Waals surface area contributed by atoms with Crippen LogP contribution in [0, 0.1) is 0 Å². The average Bonchev–Trinajstić information content (AvgIpc) is 2.92. The molecule has 2 aromatic heterocycles. The van der Waals surface area contributed by atoms with E-state index in [-0.39, 0.29) is 11.8 Å². The molecule has 1 aliphatic rings. The van der Waals surface area contributed by atoms with Gasteiger partial charge in [-0.1, -0.05) is 11.6 Å². The van der Waals surface area contributed by atoms with Crippen molar-refractivity contribution in [2.45, 2.75) is 24.9 Å². The van der Waals surface area contributed by atoms with Crippen LogP contribution in [0.5, 0.6) is 0 Å². The van der Waals surface area contributed by atoms with Crippen molar-refractivity contribution >= 4 is 28.5 Å². The molecule has 3 heterocycles. The second-order valence-corrected chi connectivity index (χ2v) is 4.86. The molecule has 2 aromatic rings. The topological polar surface area (TPSA) is 106 Å². The molecule has 3 atom stereocenters. The van der Waals surface area contributed by atoms with Crippen LogP contribution in [0.2, 0.25) is 5.15 Å². The van der Waals surface area contributed by atoms with Crippen LogP contribution >= 0.6 is 11.6 Å². The minimum Gasteiger partial charge on any atom is -0.397 e. The van der Waals surface area contributed by atoms with Gasteiger partial charge in [0.25, 0.3) is 0 Å². The van der Waals surface area contributed by atoms with Gasteiger partial charge in [-0.15, -0.1) is 0 Å². The van der Waals surface area contributed by atoms with E-state index in [0.717, 1.165) is 0 Å². The predicted molar refractivity (Wildman–Crippen MR) is 68.6 cm³/mol. The SMILES string of the molecule is Nc1cc(Cl)nc2c1ncn2[C@H]1C[C@H](O)C(CO)O1. The summed E-state index contributed by atoms with van der Waals surface area (Å²) in [6.45, 7) is -0.235. The summed E-state index contributed by atoms with van der Waals surface area (Å²) in [4.78, 5) is 8.35. The van der Waals surface area contributed by atoms with E-state index in [9.17, 15) is 5.11 Å². The van der Waals surface area contributed by atoms with Gasteiger partial charge in [0.1, 0.15) is 23.0 Å². The first-order chi connectivity index (χ1) is 9.10. The number of hydrogen-bond donors (Lipinski definition) is 3. The van der Waals surface area contributed by atoms with E-state index in [1.54, 1.807) is 10.9 Å². The van der Waals surface area contributed by atoms with Crippen molar-refractivity contribution in [1.82, 2.24) is 14.5 Å². The van der Waals surface area contributed by atoms with E-state index in [1.165, 1.54) is 6.07 Å². The highest BCUT2D eigenvalue weighted by molar-refractivity contribution is 6.30. The Morgan fingerprint density at radius 3 is 3.05 bits per heavy atom. The van der Waals surface area contributed by atoms with Gasteiger partial charge in [-0.3, -0.25) is 4.57 Å². The number of rotatable bonds is 2. The van der Waals surface area contributed by atoms with Crippen molar-refractivity contribution in [2.24, 2.45) is 0 Å². The van der Waals surface area contributed by atoms with Crippen molar-refractivity contribution in [3.8, 4) is 0 Å². The van der Waals surface area contributed by atoms with E-state index in [4.69, 9.17) is 27.2 Å². The van der Waals surface area contributed by atoms with Crippen LogP contribution in [0.4, 0.5) is 5.69 Å². The van der Waals surface area contributed by atoms with Crippen molar-refractivity contribution in [1.29, 1.82) is 0 Å². The fraction of sp³-hybridized carbons (Fsp3) is 0.455. The number of pyridine rings is 1. The molecule has 1 fully saturated rings. The highest BCUT2D eigenvalue weighted by Gasteiger charge is 2.35. The van der Waals surface area contributed by atoms with E-state index in [2.05, 4.69) is 9.97 Å². The summed E-state index contributed by atoms with van der Waals surface area (Å²) in [5.41, 5.74) is 7.29.